The third-order valence-corrected chi connectivity index (χ3v) is 1.81. The van der Waals surface area contributed by atoms with Gasteiger partial charge in [0.05, 0.1) is 5.75 Å². The maximum Gasteiger partial charge on any atom is 0.235 e. The standard InChI is InChI=1S/C8H9FN2OS/c1-13-5-8(12)11-7-4-2-3-6(9)10-7/h2-4H,5H2,1H3,(H,10,11,12). The first-order chi connectivity index (χ1) is 6.22. The Balaban J connectivity index is 2.58. The van der Waals surface area contributed by atoms with Crippen LogP contribution in [0.4, 0.5) is 10.2 Å². The molecule has 1 amide bonds. The van der Waals surface area contributed by atoms with Crippen molar-refractivity contribution >= 4 is 23.5 Å². The number of amides is 1. The maximum absolute atomic E-state index is 12.5. The van der Waals surface area contributed by atoms with Crippen molar-refractivity contribution in [2.45, 2.75) is 0 Å². The zero-order valence-corrected chi connectivity index (χ0v) is 7.90. The molecule has 0 saturated carbocycles. The summed E-state index contributed by atoms with van der Waals surface area (Å²) in [5.74, 6) is -0.176. The second-order valence-electron chi connectivity index (χ2n) is 2.33. The lowest BCUT2D eigenvalue weighted by Crippen LogP contribution is -2.14. The Morgan fingerprint density at radius 1 is 1.69 bits per heavy atom. The number of pyridine rings is 1. The average Bonchev–Trinajstić information content (AvgIpc) is 2.04. The SMILES string of the molecule is CSCC(=O)Nc1cccc(F)n1. The van der Waals surface area contributed by atoms with Gasteiger partial charge in [0.2, 0.25) is 11.9 Å². The highest BCUT2D eigenvalue weighted by atomic mass is 32.2. The molecule has 0 aliphatic rings. The Hall–Kier alpha value is -1.10. The molecule has 0 unspecified atom stereocenters. The quantitative estimate of drug-likeness (QED) is 0.752. The molecule has 70 valence electrons. The number of hydrogen-bond donors (Lipinski definition) is 1. The number of nitrogens with one attached hydrogen (secondary N) is 1. The molecule has 0 fully saturated rings. The topological polar surface area (TPSA) is 42.0 Å². The van der Waals surface area contributed by atoms with Crippen molar-refractivity contribution in [1.29, 1.82) is 0 Å². The molecule has 0 aliphatic carbocycles. The number of aromatic nitrogens is 1. The number of rotatable bonds is 3. The highest BCUT2D eigenvalue weighted by Gasteiger charge is 2.01. The summed E-state index contributed by atoms with van der Waals surface area (Å²) in [5.41, 5.74) is 0. The number of thioether (sulfide) groups is 1. The second-order valence-corrected chi connectivity index (χ2v) is 3.19. The van der Waals surface area contributed by atoms with Crippen molar-refractivity contribution in [1.82, 2.24) is 4.98 Å². The predicted molar refractivity (Wildman–Crippen MR) is 51.2 cm³/mol. The molecular weight excluding hydrogens is 191 g/mol. The van der Waals surface area contributed by atoms with Gasteiger partial charge in [0.25, 0.3) is 0 Å². The van der Waals surface area contributed by atoms with Gasteiger partial charge in [-0.25, -0.2) is 4.98 Å². The lowest BCUT2D eigenvalue weighted by atomic mass is 10.4. The van der Waals surface area contributed by atoms with Crippen LogP contribution in [0.25, 0.3) is 0 Å². The van der Waals surface area contributed by atoms with Crippen molar-refractivity contribution in [3.8, 4) is 0 Å². The molecule has 0 radical (unpaired) electrons. The van der Waals surface area contributed by atoms with Gasteiger partial charge >= 0.3 is 0 Å². The molecule has 1 heterocycles. The Bertz CT molecular complexity index is 306. The number of halogens is 1. The number of carbonyl (C=O) groups is 1. The summed E-state index contributed by atoms with van der Waals surface area (Å²) in [6.07, 6.45) is 1.82. The van der Waals surface area contributed by atoms with Gasteiger partial charge in [-0.3, -0.25) is 4.79 Å². The largest absolute Gasteiger partial charge is 0.310 e. The van der Waals surface area contributed by atoms with Crippen LogP contribution < -0.4 is 5.32 Å². The van der Waals surface area contributed by atoms with Crippen LogP contribution in [0.2, 0.25) is 0 Å². The van der Waals surface area contributed by atoms with Crippen molar-refractivity contribution in [3.63, 3.8) is 0 Å². The molecule has 5 heteroatoms. The highest BCUT2D eigenvalue weighted by Crippen LogP contribution is 2.04. The fraction of sp³-hybridized carbons (Fsp3) is 0.250. The first kappa shape index (κ1) is 9.98. The number of carbonyl (C=O) groups excluding carboxylic acids is 1. The van der Waals surface area contributed by atoms with E-state index in [-0.39, 0.29) is 11.7 Å². The predicted octanol–water partition coefficient (Wildman–Crippen LogP) is 1.52. The average molecular weight is 200 g/mol. The van der Waals surface area contributed by atoms with E-state index in [1.165, 1.54) is 23.9 Å². The van der Waals surface area contributed by atoms with Crippen molar-refractivity contribution < 1.29 is 9.18 Å². The van der Waals surface area contributed by atoms with Crippen LogP contribution in [0.15, 0.2) is 18.2 Å². The van der Waals surface area contributed by atoms with E-state index in [0.29, 0.717) is 5.75 Å². The van der Waals surface area contributed by atoms with Gasteiger partial charge in [-0.05, 0) is 18.4 Å². The molecule has 0 spiro atoms. The third kappa shape index (κ3) is 3.42. The van der Waals surface area contributed by atoms with E-state index < -0.39 is 5.95 Å². The van der Waals surface area contributed by atoms with Crippen molar-refractivity contribution in [2.24, 2.45) is 0 Å². The lowest BCUT2D eigenvalue weighted by Gasteiger charge is -2.01. The molecule has 3 nitrogen and oxygen atoms in total. The van der Waals surface area contributed by atoms with Crippen LogP contribution in [0.5, 0.6) is 0 Å². The summed E-state index contributed by atoms with van der Waals surface area (Å²) in [6, 6.07) is 4.27. The Morgan fingerprint density at radius 3 is 3.08 bits per heavy atom. The van der Waals surface area contributed by atoms with Gasteiger partial charge in [0.1, 0.15) is 5.82 Å². The summed E-state index contributed by atoms with van der Waals surface area (Å²) < 4.78 is 12.5. The van der Waals surface area contributed by atoms with Crippen molar-refractivity contribution in [2.75, 3.05) is 17.3 Å². The van der Waals surface area contributed by atoms with Crippen molar-refractivity contribution in [3.05, 3.63) is 24.1 Å². The molecule has 0 bridgehead atoms. The van der Waals surface area contributed by atoms with E-state index >= 15 is 0 Å². The molecule has 0 aliphatic heterocycles. The van der Waals surface area contributed by atoms with E-state index in [1.54, 1.807) is 6.07 Å². The van der Waals surface area contributed by atoms with Crippen LogP contribution in [-0.4, -0.2) is 22.9 Å². The smallest absolute Gasteiger partial charge is 0.235 e. The van der Waals surface area contributed by atoms with Crippen LogP contribution in [0, 0.1) is 5.95 Å². The van der Waals surface area contributed by atoms with Gasteiger partial charge in [-0.1, -0.05) is 6.07 Å². The van der Waals surface area contributed by atoms with E-state index in [1.807, 2.05) is 6.26 Å². The van der Waals surface area contributed by atoms with E-state index in [9.17, 15) is 9.18 Å². The molecule has 0 saturated heterocycles. The summed E-state index contributed by atoms with van der Waals surface area (Å²) in [7, 11) is 0. The van der Waals surface area contributed by atoms with Crippen LogP contribution in [0.1, 0.15) is 0 Å². The Morgan fingerprint density at radius 2 is 2.46 bits per heavy atom. The maximum atomic E-state index is 12.5. The third-order valence-electron chi connectivity index (χ3n) is 1.26. The summed E-state index contributed by atoms with van der Waals surface area (Å²) in [5, 5.41) is 2.47. The summed E-state index contributed by atoms with van der Waals surface area (Å²) in [6.45, 7) is 0. The van der Waals surface area contributed by atoms with Gasteiger partial charge in [-0.15, -0.1) is 0 Å². The molecule has 1 aromatic heterocycles. The zero-order chi connectivity index (χ0) is 9.68. The summed E-state index contributed by atoms with van der Waals surface area (Å²) >= 11 is 1.40. The molecule has 13 heavy (non-hydrogen) atoms. The molecule has 0 atom stereocenters. The minimum Gasteiger partial charge on any atom is -0.310 e. The fourth-order valence-corrected chi connectivity index (χ4v) is 1.12. The normalized spacial score (nSPS) is 9.69. The molecule has 0 aromatic carbocycles. The monoisotopic (exact) mass is 200 g/mol. The van der Waals surface area contributed by atoms with Gasteiger partial charge in [0, 0.05) is 0 Å². The number of nitrogens with zero attached hydrogens (tertiary/aromatic N) is 1. The van der Waals surface area contributed by atoms with E-state index in [0.717, 1.165) is 0 Å². The van der Waals surface area contributed by atoms with Crippen LogP contribution >= 0.6 is 11.8 Å². The Labute approximate surface area is 79.7 Å². The number of hydrogen-bond acceptors (Lipinski definition) is 3. The fourth-order valence-electron chi connectivity index (χ4n) is 0.788. The minimum absolute atomic E-state index is 0.175. The van der Waals surface area contributed by atoms with E-state index in [2.05, 4.69) is 10.3 Å². The Kier molecular flexibility index (Phi) is 3.70. The second kappa shape index (κ2) is 4.81. The lowest BCUT2D eigenvalue weighted by molar-refractivity contribution is -0.113. The molecular formula is C8H9FN2OS. The van der Waals surface area contributed by atoms with Crippen LogP contribution in [-0.2, 0) is 4.79 Å². The van der Waals surface area contributed by atoms with Gasteiger partial charge < -0.3 is 5.32 Å². The van der Waals surface area contributed by atoms with Gasteiger partial charge in [-0.2, -0.15) is 16.2 Å². The minimum atomic E-state index is -0.595. The first-order valence-corrected chi connectivity index (χ1v) is 5.03. The number of anilines is 1. The summed E-state index contributed by atoms with van der Waals surface area (Å²) in [4.78, 5) is 14.5. The zero-order valence-electron chi connectivity index (χ0n) is 7.08. The molecule has 1 N–H and O–H groups in total. The van der Waals surface area contributed by atoms with Gasteiger partial charge in [0.15, 0.2) is 0 Å². The van der Waals surface area contributed by atoms with E-state index in [4.69, 9.17) is 0 Å². The first-order valence-electron chi connectivity index (χ1n) is 3.63. The molecule has 1 aromatic rings. The van der Waals surface area contributed by atoms with Crippen LogP contribution in [0.3, 0.4) is 0 Å². The highest BCUT2D eigenvalue weighted by molar-refractivity contribution is 7.99. The molecule has 1 rings (SSSR count).